The van der Waals surface area contributed by atoms with E-state index in [0.29, 0.717) is 13.2 Å². The Morgan fingerprint density at radius 1 is 1.14 bits per heavy atom. The number of hydrogen-bond acceptors (Lipinski definition) is 2. The highest BCUT2D eigenvalue weighted by molar-refractivity contribution is 6.71. The highest BCUT2D eigenvalue weighted by Gasteiger charge is 2.31. The first-order valence-corrected chi connectivity index (χ1v) is 6.77. The summed E-state index contributed by atoms with van der Waals surface area (Å²) < 4.78 is 46.1. The predicted molar refractivity (Wildman–Crippen MR) is 50.1 cm³/mol. The van der Waals surface area contributed by atoms with E-state index >= 15 is 0 Å². The second-order valence-corrected chi connectivity index (χ2v) is 5.70. The van der Waals surface area contributed by atoms with Crippen molar-refractivity contribution in [2.45, 2.75) is 26.6 Å². The van der Waals surface area contributed by atoms with E-state index in [1.807, 2.05) is 0 Å². The second kappa shape index (κ2) is 5.52. The van der Waals surface area contributed by atoms with Gasteiger partial charge in [-0.25, -0.2) is 0 Å². The summed E-state index contributed by atoms with van der Waals surface area (Å²) in [5.74, 6) is 0. The number of alkyl halides is 3. The zero-order valence-electron chi connectivity index (χ0n) is 8.52. The maximum atomic E-state index is 11.9. The Morgan fingerprint density at radius 3 is 1.86 bits per heavy atom. The molecule has 0 saturated carbocycles. The third kappa shape index (κ3) is 6.17. The third-order valence-electron chi connectivity index (χ3n) is 1.44. The molecule has 0 bridgehead atoms. The van der Waals surface area contributed by atoms with Crippen LogP contribution in [0.25, 0.3) is 0 Å². The molecule has 0 unspecified atom stereocenters. The quantitative estimate of drug-likeness (QED) is 0.674. The Morgan fingerprint density at radius 2 is 1.57 bits per heavy atom. The molecule has 0 spiro atoms. The zero-order valence-corrected chi connectivity index (χ0v) is 9.52. The minimum atomic E-state index is -4.30. The molecule has 0 rings (SSSR count). The van der Waals surface area contributed by atoms with Gasteiger partial charge in [-0.05, 0) is 26.1 Å². The number of halogens is 3. The van der Waals surface area contributed by atoms with Gasteiger partial charge in [0.25, 0.3) is 0 Å². The van der Waals surface area contributed by atoms with Crippen LogP contribution in [-0.4, -0.2) is 28.0 Å². The second-order valence-electron chi connectivity index (χ2n) is 2.76. The maximum absolute atomic E-state index is 11.9. The highest BCUT2D eigenvalue weighted by Crippen LogP contribution is 2.19. The average Bonchev–Trinajstić information content (AvgIpc) is 2.01. The molecule has 2 nitrogen and oxygen atoms in total. The fraction of sp³-hybridized carbons (Fsp3) is 0.750. The Balaban J connectivity index is 4.42. The lowest BCUT2D eigenvalue weighted by atomic mass is 10.6. The Labute approximate surface area is 83.0 Å². The number of hydrogen-bond donors (Lipinski definition) is 0. The molecule has 0 radical (unpaired) electrons. The molecule has 0 aromatic carbocycles. The van der Waals surface area contributed by atoms with Crippen LogP contribution in [0.1, 0.15) is 13.8 Å². The van der Waals surface area contributed by atoms with Crippen LogP contribution in [0.2, 0.25) is 6.55 Å². The minimum absolute atomic E-state index is 0.185. The van der Waals surface area contributed by atoms with Crippen molar-refractivity contribution in [2.24, 2.45) is 0 Å². The smallest absolute Gasteiger partial charge is 0.392 e. The molecule has 0 atom stereocenters. The number of rotatable bonds is 5. The van der Waals surface area contributed by atoms with E-state index in [2.05, 4.69) is 0 Å². The van der Waals surface area contributed by atoms with E-state index < -0.39 is 14.7 Å². The standard InChI is InChI=1S/C8H15F3O2Si/c1-4-12-14(3,13-5-2)7-6-8(9,10)11/h6-7H,4-5H2,1-3H3. The summed E-state index contributed by atoms with van der Waals surface area (Å²) in [7, 11) is -2.76. The van der Waals surface area contributed by atoms with Crippen molar-refractivity contribution in [1.82, 2.24) is 0 Å². The molecular weight excluding hydrogens is 213 g/mol. The van der Waals surface area contributed by atoms with Crippen molar-refractivity contribution < 1.29 is 22.0 Å². The molecule has 0 aromatic heterocycles. The summed E-state index contributed by atoms with van der Waals surface area (Å²) in [5, 5.41) is 0. The van der Waals surface area contributed by atoms with Crippen molar-refractivity contribution in [3.63, 3.8) is 0 Å². The van der Waals surface area contributed by atoms with Crippen molar-refractivity contribution in [3.8, 4) is 0 Å². The van der Waals surface area contributed by atoms with Crippen LogP contribution < -0.4 is 0 Å². The number of allylic oxidation sites excluding steroid dienone is 1. The lowest BCUT2D eigenvalue weighted by Crippen LogP contribution is -2.37. The van der Waals surface area contributed by atoms with Crippen molar-refractivity contribution in [2.75, 3.05) is 13.2 Å². The van der Waals surface area contributed by atoms with Crippen LogP contribution >= 0.6 is 0 Å². The normalized spacial score (nSPS) is 13.9. The van der Waals surface area contributed by atoms with Crippen LogP contribution in [0.15, 0.2) is 11.8 Å². The lowest BCUT2D eigenvalue weighted by Gasteiger charge is -2.22. The fourth-order valence-corrected chi connectivity index (χ4v) is 2.87. The van der Waals surface area contributed by atoms with Gasteiger partial charge in [-0.1, -0.05) is 0 Å². The monoisotopic (exact) mass is 228 g/mol. The van der Waals surface area contributed by atoms with Gasteiger partial charge >= 0.3 is 14.7 Å². The fourth-order valence-electron chi connectivity index (χ4n) is 0.957. The maximum Gasteiger partial charge on any atom is 0.409 e. The topological polar surface area (TPSA) is 18.5 Å². The Hall–Kier alpha value is -0.333. The zero-order chi connectivity index (χ0) is 11.2. The van der Waals surface area contributed by atoms with Gasteiger partial charge in [0.05, 0.1) is 0 Å². The largest absolute Gasteiger partial charge is 0.409 e. The van der Waals surface area contributed by atoms with Gasteiger partial charge in [-0.2, -0.15) is 13.2 Å². The molecule has 0 N–H and O–H groups in total. The molecule has 0 aliphatic heterocycles. The van der Waals surface area contributed by atoms with Gasteiger partial charge in [0.1, 0.15) is 0 Å². The first kappa shape index (κ1) is 13.7. The summed E-state index contributed by atoms with van der Waals surface area (Å²) in [6.45, 7) is 5.75. The van der Waals surface area contributed by atoms with Crippen LogP contribution in [-0.2, 0) is 8.85 Å². The van der Waals surface area contributed by atoms with Crippen molar-refractivity contribution in [1.29, 1.82) is 0 Å². The molecule has 0 amide bonds. The van der Waals surface area contributed by atoms with E-state index in [4.69, 9.17) is 8.85 Å². The van der Waals surface area contributed by atoms with E-state index in [0.717, 1.165) is 5.70 Å². The first-order valence-electron chi connectivity index (χ1n) is 4.38. The molecular formula is C8H15F3O2Si. The van der Waals surface area contributed by atoms with Crippen LogP contribution in [0, 0.1) is 0 Å². The van der Waals surface area contributed by atoms with E-state index in [-0.39, 0.29) is 6.08 Å². The van der Waals surface area contributed by atoms with Crippen LogP contribution in [0.4, 0.5) is 13.2 Å². The Kier molecular flexibility index (Phi) is 5.39. The SMILES string of the molecule is CCO[Si](C)(C=CC(F)(F)F)OCC. The van der Waals surface area contributed by atoms with Gasteiger partial charge < -0.3 is 8.85 Å². The summed E-state index contributed by atoms with van der Waals surface area (Å²) in [6, 6.07) is 0. The molecule has 0 saturated heterocycles. The van der Waals surface area contributed by atoms with E-state index in [1.165, 1.54) is 0 Å². The van der Waals surface area contributed by atoms with Gasteiger partial charge in [-0.15, -0.1) is 0 Å². The summed E-state index contributed by atoms with van der Waals surface area (Å²) in [6.07, 6.45) is -4.12. The summed E-state index contributed by atoms with van der Waals surface area (Å²) in [5.41, 5.74) is 1.01. The van der Waals surface area contributed by atoms with Crippen molar-refractivity contribution >= 4 is 8.56 Å². The van der Waals surface area contributed by atoms with Crippen LogP contribution in [0.3, 0.4) is 0 Å². The molecule has 6 heteroatoms. The molecule has 14 heavy (non-hydrogen) atoms. The Bertz CT molecular complexity index is 186. The molecule has 84 valence electrons. The molecule has 0 aromatic rings. The van der Waals surface area contributed by atoms with Gasteiger partial charge in [0.2, 0.25) is 0 Å². The third-order valence-corrected chi connectivity index (χ3v) is 3.93. The van der Waals surface area contributed by atoms with Gasteiger partial charge in [-0.3, -0.25) is 0 Å². The minimum Gasteiger partial charge on any atom is -0.392 e. The molecule has 0 aliphatic carbocycles. The first-order chi connectivity index (χ1) is 6.33. The van der Waals surface area contributed by atoms with Gasteiger partial charge in [0, 0.05) is 19.3 Å². The predicted octanol–water partition coefficient (Wildman–Crippen LogP) is 2.79. The van der Waals surface area contributed by atoms with Gasteiger partial charge in [0.15, 0.2) is 0 Å². The van der Waals surface area contributed by atoms with E-state index in [9.17, 15) is 13.2 Å². The molecule has 0 fully saturated rings. The summed E-state index contributed by atoms with van der Waals surface area (Å²) >= 11 is 0. The molecule has 0 heterocycles. The lowest BCUT2D eigenvalue weighted by molar-refractivity contribution is -0.0799. The average molecular weight is 228 g/mol. The van der Waals surface area contributed by atoms with E-state index in [1.54, 1.807) is 20.4 Å². The van der Waals surface area contributed by atoms with Crippen molar-refractivity contribution in [3.05, 3.63) is 11.8 Å². The van der Waals surface area contributed by atoms with Crippen LogP contribution in [0.5, 0.6) is 0 Å². The molecule has 0 aliphatic rings. The highest BCUT2D eigenvalue weighted by atomic mass is 28.4. The summed E-state index contributed by atoms with van der Waals surface area (Å²) in [4.78, 5) is 0.